The van der Waals surface area contributed by atoms with E-state index >= 15 is 0 Å². The highest BCUT2D eigenvalue weighted by Gasteiger charge is 2.13. The number of ether oxygens (including phenoxy) is 6. The maximum absolute atomic E-state index is 11.9. The smallest absolute Gasteiger partial charge is 0.297 e. The molecule has 12 heteroatoms. The van der Waals surface area contributed by atoms with Crippen LogP contribution in [0.5, 0.6) is 5.75 Å². The van der Waals surface area contributed by atoms with Crippen molar-refractivity contribution >= 4 is 21.7 Å². The van der Waals surface area contributed by atoms with Crippen LogP contribution in [0.1, 0.15) is 6.92 Å². The lowest BCUT2D eigenvalue weighted by atomic mass is 10.3. The molecule has 0 saturated carbocycles. The van der Waals surface area contributed by atoms with Gasteiger partial charge in [0, 0.05) is 12.6 Å². The normalized spacial score (nSPS) is 11.4. The number of carbonyl (C=O) groups is 1. The SMILES string of the molecule is CC(=O)Nc1ccc(OCCOCCOCCOCCOCCOCCOS(=O)(=O)c2ccccc2)cc1. The predicted octanol–water partition coefficient (Wildman–Crippen LogP) is 2.51. The molecule has 11 nitrogen and oxygen atoms in total. The fraction of sp³-hybridized carbons (Fsp3) is 0.500. The van der Waals surface area contributed by atoms with E-state index in [1.54, 1.807) is 42.5 Å². The number of rotatable bonds is 22. The fourth-order valence-electron chi connectivity index (χ4n) is 2.90. The molecule has 2 aromatic carbocycles. The van der Waals surface area contributed by atoms with E-state index in [1.165, 1.54) is 19.1 Å². The highest BCUT2D eigenvalue weighted by molar-refractivity contribution is 7.86. The molecule has 0 aliphatic rings. The first-order chi connectivity index (χ1) is 18.5. The fourth-order valence-corrected chi connectivity index (χ4v) is 3.81. The van der Waals surface area contributed by atoms with E-state index in [9.17, 15) is 13.2 Å². The van der Waals surface area contributed by atoms with Crippen molar-refractivity contribution in [2.45, 2.75) is 11.8 Å². The van der Waals surface area contributed by atoms with E-state index < -0.39 is 10.1 Å². The second-order valence-corrected chi connectivity index (χ2v) is 9.32. The van der Waals surface area contributed by atoms with Crippen molar-refractivity contribution < 1.29 is 45.8 Å². The minimum absolute atomic E-state index is 0.0599. The summed E-state index contributed by atoms with van der Waals surface area (Å²) in [6.45, 7) is 5.76. The summed E-state index contributed by atoms with van der Waals surface area (Å²) in [6, 6.07) is 15.1. The zero-order valence-electron chi connectivity index (χ0n) is 21.7. The van der Waals surface area contributed by atoms with Gasteiger partial charge in [0.1, 0.15) is 12.4 Å². The Kier molecular flexibility index (Phi) is 16.2. The highest BCUT2D eigenvalue weighted by atomic mass is 32.2. The van der Waals surface area contributed by atoms with Crippen molar-refractivity contribution in [2.75, 3.05) is 84.6 Å². The number of hydrogen-bond donors (Lipinski definition) is 1. The molecule has 2 rings (SSSR count). The van der Waals surface area contributed by atoms with Crippen LogP contribution >= 0.6 is 0 Å². The molecule has 0 heterocycles. The van der Waals surface area contributed by atoms with Crippen molar-refractivity contribution in [1.29, 1.82) is 0 Å². The van der Waals surface area contributed by atoms with Crippen LogP contribution < -0.4 is 10.1 Å². The van der Waals surface area contributed by atoms with E-state index in [2.05, 4.69) is 5.32 Å². The average molecular weight is 556 g/mol. The molecule has 0 fully saturated rings. The molecule has 1 N–H and O–H groups in total. The summed E-state index contributed by atoms with van der Waals surface area (Å²) in [4.78, 5) is 11.1. The van der Waals surface area contributed by atoms with E-state index in [-0.39, 0.29) is 24.0 Å². The third-order valence-electron chi connectivity index (χ3n) is 4.66. The number of benzene rings is 2. The zero-order chi connectivity index (χ0) is 27.3. The topological polar surface area (TPSA) is 128 Å². The molecule has 0 aliphatic carbocycles. The Balaban J connectivity index is 1.29. The van der Waals surface area contributed by atoms with Gasteiger partial charge in [-0.3, -0.25) is 8.98 Å². The van der Waals surface area contributed by atoms with Gasteiger partial charge in [0.2, 0.25) is 5.91 Å². The van der Waals surface area contributed by atoms with Crippen LogP contribution in [0.2, 0.25) is 0 Å². The first-order valence-electron chi connectivity index (χ1n) is 12.3. The first kappa shape index (κ1) is 31.6. The number of anilines is 1. The van der Waals surface area contributed by atoms with Gasteiger partial charge in [-0.15, -0.1) is 0 Å². The van der Waals surface area contributed by atoms with Crippen LogP contribution in [-0.2, 0) is 42.8 Å². The number of nitrogens with one attached hydrogen (secondary N) is 1. The molecule has 0 radical (unpaired) electrons. The Bertz CT molecular complexity index is 987. The molecule has 0 atom stereocenters. The zero-order valence-corrected chi connectivity index (χ0v) is 22.5. The van der Waals surface area contributed by atoms with Gasteiger partial charge < -0.3 is 33.7 Å². The average Bonchev–Trinajstić information content (AvgIpc) is 2.91. The summed E-state index contributed by atoms with van der Waals surface area (Å²) in [5.74, 6) is 0.587. The molecule has 1 amide bonds. The van der Waals surface area contributed by atoms with E-state index in [4.69, 9.17) is 32.6 Å². The van der Waals surface area contributed by atoms with Crippen LogP contribution in [0.3, 0.4) is 0 Å². The maximum atomic E-state index is 11.9. The second-order valence-electron chi connectivity index (χ2n) is 7.71. The van der Waals surface area contributed by atoms with Gasteiger partial charge in [0.05, 0.1) is 77.6 Å². The maximum Gasteiger partial charge on any atom is 0.297 e. The van der Waals surface area contributed by atoms with E-state index in [0.717, 1.165) is 5.69 Å². The van der Waals surface area contributed by atoms with Crippen molar-refractivity contribution in [3.05, 3.63) is 54.6 Å². The summed E-state index contributed by atoms with van der Waals surface area (Å²) in [5.41, 5.74) is 0.721. The van der Waals surface area contributed by atoms with Crippen LogP contribution in [0, 0.1) is 0 Å². The Labute approximate surface area is 224 Å². The minimum atomic E-state index is -3.75. The standard InChI is InChI=1S/C26H37NO10S/c1-23(28)27-24-7-9-25(10-8-24)36-21-19-34-17-15-32-13-11-31-12-14-33-16-18-35-20-22-37-38(29,30)26-5-3-2-4-6-26/h2-10H,11-22H2,1H3,(H,27,28). The Morgan fingerprint density at radius 2 is 1.08 bits per heavy atom. The summed E-state index contributed by atoms with van der Waals surface area (Å²) < 4.78 is 61.4. The summed E-state index contributed by atoms with van der Waals surface area (Å²) in [5, 5.41) is 2.70. The summed E-state index contributed by atoms with van der Waals surface area (Å²) in [7, 11) is -3.75. The van der Waals surface area contributed by atoms with E-state index in [1.807, 2.05) is 0 Å². The van der Waals surface area contributed by atoms with Crippen molar-refractivity contribution in [3.63, 3.8) is 0 Å². The summed E-state index contributed by atoms with van der Waals surface area (Å²) in [6.07, 6.45) is 0. The molecular formula is C26H37NO10S. The van der Waals surface area contributed by atoms with Crippen LogP contribution in [0.15, 0.2) is 59.5 Å². The Morgan fingerprint density at radius 1 is 0.632 bits per heavy atom. The second kappa shape index (κ2) is 19.5. The lowest BCUT2D eigenvalue weighted by molar-refractivity contribution is -0.114. The molecule has 2 aromatic rings. The van der Waals surface area contributed by atoms with Crippen LogP contribution in [0.25, 0.3) is 0 Å². The predicted molar refractivity (Wildman–Crippen MR) is 140 cm³/mol. The molecular weight excluding hydrogens is 518 g/mol. The van der Waals surface area contributed by atoms with Crippen molar-refractivity contribution in [1.82, 2.24) is 0 Å². The minimum Gasteiger partial charge on any atom is -0.491 e. The van der Waals surface area contributed by atoms with Gasteiger partial charge in [0.25, 0.3) is 10.1 Å². The van der Waals surface area contributed by atoms with Crippen LogP contribution in [-0.4, -0.2) is 93.6 Å². The van der Waals surface area contributed by atoms with Crippen molar-refractivity contribution in [2.24, 2.45) is 0 Å². The van der Waals surface area contributed by atoms with E-state index in [0.29, 0.717) is 71.8 Å². The number of hydrogen-bond acceptors (Lipinski definition) is 10. The molecule has 38 heavy (non-hydrogen) atoms. The first-order valence-corrected chi connectivity index (χ1v) is 13.7. The third-order valence-corrected chi connectivity index (χ3v) is 5.98. The molecule has 0 bridgehead atoms. The molecule has 0 aliphatic heterocycles. The van der Waals surface area contributed by atoms with Crippen LogP contribution in [0.4, 0.5) is 5.69 Å². The number of amides is 1. The highest BCUT2D eigenvalue weighted by Crippen LogP contribution is 2.15. The summed E-state index contributed by atoms with van der Waals surface area (Å²) >= 11 is 0. The van der Waals surface area contributed by atoms with Gasteiger partial charge in [0.15, 0.2) is 0 Å². The van der Waals surface area contributed by atoms with Gasteiger partial charge in [-0.05, 0) is 36.4 Å². The monoisotopic (exact) mass is 555 g/mol. The quantitative estimate of drug-likeness (QED) is 0.171. The van der Waals surface area contributed by atoms with Gasteiger partial charge in [-0.2, -0.15) is 8.42 Å². The molecule has 0 spiro atoms. The molecule has 0 aromatic heterocycles. The Hall–Kier alpha value is -2.58. The molecule has 212 valence electrons. The van der Waals surface area contributed by atoms with Gasteiger partial charge in [-0.1, -0.05) is 18.2 Å². The van der Waals surface area contributed by atoms with Gasteiger partial charge >= 0.3 is 0 Å². The van der Waals surface area contributed by atoms with Crippen molar-refractivity contribution in [3.8, 4) is 5.75 Å². The lowest BCUT2D eigenvalue weighted by Crippen LogP contribution is -2.15. The third kappa shape index (κ3) is 15.0. The molecule has 0 unspecified atom stereocenters. The van der Waals surface area contributed by atoms with Gasteiger partial charge in [-0.25, -0.2) is 0 Å². The number of carbonyl (C=O) groups excluding carboxylic acids is 1. The molecule has 0 saturated heterocycles. The largest absolute Gasteiger partial charge is 0.491 e. The Morgan fingerprint density at radius 3 is 1.55 bits per heavy atom. The lowest BCUT2D eigenvalue weighted by Gasteiger charge is -2.09.